The van der Waals surface area contributed by atoms with E-state index >= 15 is 0 Å². The van der Waals surface area contributed by atoms with Gasteiger partial charge in [-0.05, 0) is 17.0 Å². The van der Waals surface area contributed by atoms with Gasteiger partial charge in [-0.25, -0.2) is 9.67 Å². The number of hydrogen-bond donors (Lipinski definition) is 1. The molecule has 0 unspecified atom stereocenters. The zero-order valence-electron chi connectivity index (χ0n) is 11.6. The monoisotopic (exact) mass is 260 g/mol. The van der Waals surface area contributed by atoms with Crippen molar-refractivity contribution < 1.29 is 4.74 Å². The van der Waals surface area contributed by atoms with Crippen LogP contribution in [0.3, 0.4) is 0 Å². The van der Waals surface area contributed by atoms with Crippen molar-refractivity contribution in [2.75, 3.05) is 13.2 Å². The zero-order chi connectivity index (χ0) is 13.9. The molecule has 0 aliphatic heterocycles. The molecule has 0 aliphatic rings. The third-order valence-corrected chi connectivity index (χ3v) is 2.79. The quantitative estimate of drug-likeness (QED) is 0.911. The summed E-state index contributed by atoms with van der Waals surface area (Å²) in [6, 6.07) is 3.67. The molecule has 19 heavy (non-hydrogen) atoms. The van der Waals surface area contributed by atoms with E-state index in [1.807, 2.05) is 24.5 Å². The van der Waals surface area contributed by atoms with Gasteiger partial charge in [0.25, 0.3) is 0 Å². The molecule has 0 bridgehead atoms. The Morgan fingerprint density at radius 2 is 2.16 bits per heavy atom. The molecule has 0 aromatic carbocycles. The van der Waals surface area contributed by atoms with Crippen molar-refractivity contribution in [2.45, 2.75) is 26.2 Å². The third-order valence-electron chi connectivity index (χ3n) is 2.79. The number of pyridine rings is 1. The van der Waals surface area contributed by atoms with Gasteiger partial charge < -0.3 is 10.5 Å². The molecule has 0 saturated carbocycles. The second kappa shape index (κ2) is 5.40. The Labute approximate surface area is 113 Å². The fraction of sp³-hybridized carbons (Fsp3) is 0.429. The van der Waals surface area contributed by atoms with Crippen molar-refractivity contribution in [1.29, 1.82) is 0 Å². The predicted octanol–water partition coefficient (Wildman–Crippen LogP) is 1.90. The maximum Gasteiger partial charge on any atom is 0.156 e. The van der Waals surface area contributed by atoms with Crippen LogP contribution in [-0.4, -0.2) is 27.9 Å². The van der Waals surface area contributed by atoms with E-state index in [0.29, 0.717) is 13.2 Å². The van der Waals surface area contributed by atoms with Gasteiger partial charge >= 0.3 is 0 Å². The summed E-state index contributed by atoms with van der Waals surface area (Å²) in [6.07, 6.45) is 5.57. The summed E-state index contributed by atoms with van der Waals surface area (Å²) in [4.78, 5) is 4.30. The van der Waals surface area contributed by atoms with E-state index < -0.39 is 0 Å². The first-order valence-corrected chi connectivity index (χ1v) is 6.35. The number of ether oxygens (including phenoxy) is 1. The van der Waals surface area contributed by atoms with E-state index in [-0.39, 0.29) is 5.41 Å². The highest BCUT2D eigenvalue weighted by molar-refractivity contribution is 5.32. The number of nitrogens with zero attached hydrogens (tertiary/aromatic N) is 3. The van der Waals surface area contributed by atoms with Crippen LogP contribution in [0.4, 0.5) is 0 Å². The fourth-order valence-corrected chi connectivity index (χ4v) is 1.63. The van der Waals surface area contributed by atoms with E-state index in [4.69, 9.17) is 10.5 Å². The molecular weight excluding hydrogens is 240 g/mol. The smallest absolute Gasteiger partial charge is 0.156 e. The zero-order valence-corrected chi connectivity index (χ0v) is 11.6. The summed E-state index contributed by atoms with van der Waals surface area (Å²) in [5.41, 5.74) is 6.66. The molecule has 0 aliphatic carbocycles. The van der Waals surface area contributed by atoms with Crippen LogP contribution in [0, 0.1) is 0 Å². The van der Waals surface area contributed by atoms with Gasteiger partial charge in [0.05, 0.1) is 6.20 Å². The van der Waals surface area contributed by atoms with Crippen molar-refractivity contribution in [3.63, 3.8) is 0 Å². The van der Waals surface area contributed by atoms with Gasteiger partial charge in [0.1, 0.15) is 12.4 Å². The highest BCUT2D eigenvalue weighted by atomic mass is 16.5. The van der Waals surface area contributed by atoms with Gasteiger partial charge in [0.15, 0.2) is 5.82 Å². The number of rotatable bonds is 4. The first kappa shape index (κ1) is 13.5. The Kier molecular flexibility index (Phi) is 3.85. The van der Waals surface area contributed by atoms with Gasteiger partial charge in [0.2, 0.25) is 0 Å². The molecule has 0 saturated heterocycles. The van der Waals surface area contributed by atoms with E-state index in [1.54, 1.807) is 10.9 Å². The molecule has 102 valence electrons. The molecule has 2 N–H and O–H groups in total. The maximum atomic E-state index is 5.49. The van der Waals surface area contributed by atoms with E-state index in [2.05, 4.69) is 30.9 Å². The lowest BCUT2D eigenvalue weighted by Crippen LogP contribution is -2.11. The summed E-state index contributed by atoms with van der Waals surface area (Å²) in [5, 5.41) is 4.35. The molecule has 2 aromatic rings. The van der Waals surface area contributed by atoms with Crippen LogP contribution in [-0.2, 0) is 5.41 Å². The van der Waals surface area contributed by atoms with Crippen molar-refractivity contribution in [1.82, 2.24) is 14.8 Å². The topological polar surface area (TPSA) is 66.0 Å². The third kappa shape index (κ3) is 3.32. The van der Waals surface area contributed by atoms with Crippen molar-refractivity contribution in [2.24, 2.45) is 5.73 Å². The summed E-state index contributed by atoms with van der Waals surface area (Å²) < 4.78 is 7.25. The first-order valence-electron chi connectivity index (χ1n) is 6.35. The highest BCUT2D eigenvalue weighted by Crippen LogP contribution is 2.22. The minimum atomic E-state index is 0.0753. The molecule has 0 atom stereocenters. The average Bonchev–Trinajstić information content (AvgIpc) is 2.86. The molecule has 5 heteroatoms. The molecule has 0 amide bonds. The van der Waals surface area contributed by atoms with Crippen molar-refractivity contribution >= 4 is 0 Å². The SMILES string of the molecule is CC(C)(C)c1cnn(-c2cc(OCCN)ccn2)c1. The van der Waals surface area contributed by atoms with Crippen molar-refractivity contribution in [3.8, 4) is 11.6 Å². The Hall–Kier alpha value is -1.88. The van der Waals surface area contributed by atoms with E-state index in [0.717, 1.165) is 11.6 Å². The van der Waals surface area contributed by atoms with Crippen LogP contribution < -0.4 is 10.5 Å². The Morgan fingerprint density at radius 1 is 1.37 bits per heavy atom. The van der Waals surface area contributed by atoms with Gasteiger partial charge in [-0.1, -0.05) is 20.8 Å². The number of aromatic nitrogens is 3. The van der Waals surface area contributed by atoms with Gasteiger partial charge in [0, 0.05) is 25.0 Å². The van der Waals surface area contributed by atoms with Gasteiger partial charge in [-0.2, -0.15) is 5.10 Å². The normalized spacial score (nSPS) is 11.6. The minimum Gasteiger partial charge on any atom is -0.492 e. The fourth-order valence-electron chi connectivity index (χ4n) is 1.63. The van der Waals surface area contributed by atoms with Gasteiger partial charge in [-0.3, -0.25) is 0 Å². The van der Waals surface area contributed by atoms with Crippen molar-refractivity contribution in [3.05, 3.63) is 36.3 Å². The Bertz CT molecular complexity index is 542. The molecule has 5 nitrogen and oxygen atoms in total. The second-order valence-electron chi connectivity index (χ2n) is 5.41. The largest absolute Gasteiger partial charge is 0.492 e. The lowest BCUT2D eigenvalue weighted by molar-refractivity contribution is 0.328. The molecule has 2 rings (SSSR count). The van der Waals surface area contributed by atoms with E-state index in [1.165, 1.54) is 5.56 Å². The first-order chi connectivity index (χ1) is 9.00. The standard InChI is InChI=1S/C14H20N4O/c1-14(2,3)11-9-17-18(10-11)13-8-12(4-6-16-13)19-7-5-15/h4,6,8-10H,5,7,15H2,1-3H3. The maximum absolute atomic E-state index is 5.49. The predicted molar refractivity (Wildman–Crippen MR) is 74.6 cm³/mol. The summed E-state index contributed by atoms with van der Waals surface area (Å²) in [6.45, 7) is 7.46. The lowest BCUT2D eigenvalue weighted by atomic mass is 9.90. The Balaban J connectivity index is 2.24. The summed E-state index contributed by atoms with van der Waals surface area (Å²) in [5.74, 6) is 1.49. The molecule has 0 spiro atoms. The molecular formula is C14H20N4O. The number of nitrogens with two attached hydrogens (primary N) is 1. The van der Waals surface area contributed by atoms with Crippen LogP contribution in [0.15, 0.2) is 30.7 Å². The minimum absolute atomic E-state index is 0.0753. The van der Waals surface area contributed by atoms with Crippen LogP contribution in [0.5, 0.6) is 5.75 Å². The molecule has 2 heterocycles. The summed E-state index contributed by atoms with van der Waals surface area (Å²) >= 11 is 0. The average molecular weight is 260 g/mol. The van der Waals surface area contributed by atoms with Crippen LogP contribution in [0.25, 0.3) is 5.82 Å². The van der Waals surface area contributed by atoms with Crippen LogP contribution >= 0.6 is 0 Å². The molecule has 2 aromatic heterocycles. The Morgan fingerprint density at radius 3 is 2.79 bits per heavy atom. The highest BCUT2D eigenvalue weighted by Gasteiger charge is 2.16. The summed E-state index contributed by atoms with van der Waals surface area (Å²) in [7, 11) is 0. The number of hydrogen-bond acceptors (Lipinski definition) is 4. The van der Waals surface area contributed by atoms with Crippen LogP contribution in [0.1, 0.15) is 26.3 Å². The van der Waals surface area contributed by atoms with Crippen LogP contribution in [0.2, 0.25) is 0 Å². The van der Waals surface area contributed by atoms with E-state index in [9.17, 15) is 0 Å². The second-order valence-corrected chi connectivity index (χ2v) is 5.41. The lowest BCUT2D eigenvalue weighted by Gasteiger charge is -2.14. The molecule has 0 radical (unpaired) electrons. The van der Waals surface area contributed by atoms with Gasteiger partial charge in [-0.15, -0.1) is 0 Å². The molecule has 0 fully saturated rings.